The third kappa shape index (κ3) is 4.52. The molecule has 2 heterocycles. The second-order valence-electron chi connectivity index (χ2n) is 4.15. The second-order valence-corrected chi connectivity index (χ2v) is 5.43. The lowest BCUT2D eigenvalue weighted by Gasteiger charge is -2.14. The fourth-order valence-corrected chi connectivity index (χ4v) is 2.22. The molecule has 0 aromatic carbocycles. The van der Waals surface area contributed by atoms with E-state index in [-0.39, 0.29) is 5.60 Å². The van der Waals surface area contributed by atoms with E-state index in [1.54, 1.807) is 0 Å². The summed E-state index contributed by atoms with van der Waals surface area (Å²) in [7, 11) is 0. The first-order chi connectivity index (χ1) is 6.03. The number of hydrogen-bond donors (Lipinski definition) is 0. The van der Waals surface area contributed by atoms with Crippen LogP contribution in [-0.2, 0) is 9.53 Å². The van der Waals surface area contributed by atoms with Gasteiger partial charge in [0.2, 0.25) is 0 Å². The number of carbonyl (C=O) groups excluding carboxylic acids is 1. The van der Waals surface area contributed by atoms with Crippen molar-refractivity contribution >= 4 is 18.2 Å². The zero-order chi connectivity index (χ0) is 9.90. The molecule has 76 valence electrons. The van der Waals surface area contributed by atoms with Crippen LogP contribution in [0.15, 0.2) is 0 Å². The Morgan fingerprint density at radius 3 is 2.31 bits per heavy atom. The summed E-state index contributed by atoms with van der Waals surface area (Å²) in [6.45, 7) is 8.66. The molecule has 0 aromatic heterocycles. The standard InChI is InChI=1S/C5H10O2.C4H7NS/c1-5(2,3)7-4-6;1-2-6-4-3-5(1)4/h4H,1-3H3;4H,1-3H2. The van der Waals surface area contributed by atoms with E-state index in [9.17, 15) is 4.79 Å². The van der Waals surface area contributed by atoms with Gasteiger partial charge in [-0.15, -0.1) is 11.8 Å². The van der Waals surface area contributed by atoms with Crippen molar-refractivity contribution in [1.29, 1.82) is 0 Å². The predicted molar refractivity (Wildman–Crippen MR) is 54.7 cm³/mol. The average molecular weight is 203 g/mol. The van der Waals surface area contributed by atoms with E-state index >= 15 is 0 Å². The van der Waals surface area contributed by atoms with E-state index in [4.69, 9.17) is 0 Å². The van der Waals surface area contributed by atoms with Gasteiger partial charge in [-0.1, -0.05) is 0 Å². The molecule has 0 N–H and O–H groups in total. The zero-order valence-electron chi connectivity index (χ0n) is 8.45. The van der Waals surface area contributed by atoms with Gasteiger partial charge in [0.15, 0.2) is 0 Å². The van der Waals surface area contributed by atoms with E-state index in [0.717, 1.165) is 5.37 Å². The highest BCUT2D eigenvalue weighted by Crippen LogP contribution is 2.34. The van der Waals surface area contributed by atoms with Crippen LogP contribution < -0.4 is 0 Å². The summed E-state index contributed by atoms with van der Waals surface area (Å²) in [6, 6.07) is 0. The lowest BCUT2D eigenvalue weighted by molar-refractivity contribution is -0.138. The van der Waals surface area contributed by atoms with Crippen LogP contribution in [0.5, 0.6) is 0 Å². The fraction of sp³-hybridized carbons (Fsp3) is 0.889. The Morgan fingerprint density at radius 1 is 1.54 bits per heavy atom. The first-order valence-corrected chi connectivity index (χ1v) is 5.55. The largest absolute Gasteiger partial charge is 0.462 e. The Hall–Kier alpha value is -0.220. The number of thioether (sulfide) groups is 1. The highest BCUT2D eigenvalue weighted by molar-refractivity contribution is 8.00. The number of carbonyl (C=O) groups is 1. The molecule has 0 amide bonds. The van der Waals surface area contributed by atoms with Gasteiger partial charge in [0.05, 0.1) is 5.37 Å². The van der Waals surface area contributed by atoms with Crippen LogP contribution in [0.2, 0.25) is 0 Å². The summed E-state index contributed by atoms with van der Waals surface area (Å²) < 4.78 is 4.55. The van der Waals surface area contributed by atoms with Crippen LogP contribution in [0.3, 0.4) is 0 Å². The predicted octanol–water partition coefficient (Wildman–Crippen LogP) is 1.33. The van der Waals surface area contributed by atoms with Crippen LogP contribution in [0.1, 0.15) is 20.8 Å². The summed E-state index contributed by atoms with van der Waals surface area (Å²) in [6.07, 6.45) is 0. The minimum absolute atomic E-state index is 0.318. The molecule has 2 aliphatic rings. The molecular formula is C9H17NO2S. The van der Waals surface area contributed by atoms with Gasteiger partial charge in [0.25, 0.3) is 6.47 Å². The van der Waals surface area contributed by atoms with Crippen molar-refractivity contribution in [3.8, 4) is 0 Å². The van der Waals surface area contributed by atoms with Gasteiger partial charge in [0.1, 0.15) is 5.60 Å². The quantitative estimate of drug-likeness (QED) is 0.475. The van der Waals surface area contributed by atoms with E-state index in [1.165, 1.54) is 18.8 Å². The molecule has 2 saturated heterocycles. The number of nitrogens with zero attached hydrogens (tertiary/aromatic N) is 1. The van der Waals surface area contributed by atoms with Crippen molar-refractivity contribution in [2.75, 3.05) is 18.8 Å². The van der Waals surface area contributed by atoms with Crippen molar-refractivity contribution in [2.24, 2.45) is 0 Å². The van der Waals surface area contributed by atoms with Gasteiger partial charge in [-0.05, 0) is 20.8 Å². The van der Waals surface area contributed by atoms with Crippen molar-refractivity contribution in [1.82, 2.24) is 4.90 Å². The molecule has 2 atom stereocenters. The topological polar surface area (TPSA) is 29.3 Å². The lowest BCUT2D eigenvalue weighted by Crippen LogP contribution is -2.17. The maximum Gasteiger partial charge on any atom is 0.293 e. The summed E-state index contributed by atoms with van der Waals surface area (Å²) in [5.41, 5.74) is -0.318. The second kappa shape index (κ2) is 4.33. The van der Waals surface area contributed by atoms with Gasteiger partial charge >= 0.3 is 0 Å². The number of hydrogen-bond acceptors (Lipinski definition) is 4. The van der Waals surface area contributed by atoms with E-state index in [1.807, 2.05) is 20.8 Å². The number of rotatable bonds is 1. The first kappa shape index (κ1) is 10.9. The summed E-state index contributed by atoms with van der Waals surface area (Å²) in [5, 5.41) is 0.963. The fourth-order valence-electron chi connectivity index (χ4n) is 0.997. The van der Waals surface area contributed by atoms with E-state index < -0.39 is 0 Å². The monoisotopic (exact) mass is 203 g/mol. The van der Waals surface area contributed by atoms with Gasteiger partial charge < -0.3 is 4.74 Å². The number of fused-ring (bicyclic) bond motifs is 1. The Labute approximate surface area is 83.8 Å². The molecule has 0 radical (unpaired) electrons. The van der Waals surface area contributed by atoms with Crippen LogP contribution in [0.4, 0.5) is 0 Å². The Kier molecular flexibility index (Phi) is 3.62. The molecule has 2 rings (SSSR count). The van der Waals surface area contributed by atoms with Gasteiger partial charge in [-0.2, -0.15) is 0 Å². The highest BCUT2D eigenvalue weighted by Gasteiger charge is 2.38. The van der Waals surface area contributed by atoms with Crippen LogP contribution >= 0.6 is 11.8 Å². The van der Waals surface area contributed by atoms with Gasteiger partial charge in [-0.25, -0.2) is 0 Å². The molecule has 0 saturated carbocycles. The Bertz CT molecular complexity index is 171. The molecule has 4 heteroatoms. The summed E-state index contributed by atoms with van der Waals surface area (Å²) in [5.74, 6) is 1.38. The third-order valence-corrected chi connectivity index (χ3v) is 3.01. The van der Waals surface area contributed by atoms with Gasteiger partial charge in [0, 0.05) is 18.8 Å². The summed E-state index contributed by atoms with van der Waals surface area (Å²) >= 11 is 2.10. The maximum absolute atomic E-state index is 9.60. The lowest BCUT2D eigenvalue weighted by atomic mass is 10.2. The molecule has 2 aliphatic heterocycles. The molecule has 0 aromatic rings. The maximum atomic E-state index is 9.60. The molecule has 3 nitrogen and oxygen atoms in total. The SMILES string of the molecule is C1CN2CC2S1.CC(C)(C)OC=O. The van der Waals surface area contributed by atoms with Crippen molar-refractivity contribution in [2.45, 2.75) is 31.7 Å². The molecule has 0 bridgehead atoms. The van der Waals surface area contributed by atoms with Crippen molar-refractivity contribution < 1.29 is 9.53 Å². The molecule has 13 heavy (non-hydrogen) atoms. The Balaban J connectivity index is 0.000000130. The van der Waals surface area contributed by atoms with E-state index in [2.05, 4.69) is 21.4 Å². The Morgan fingerprint density at radius 2 is 2.23 bits per heavy atom. The van der Waals surface area contributed by atoms with Gasteiger partial charge in [-0.3, -0.25) is 9.69 Å². The van der Waals surface area contributed by atoms with E-state index in [0.29, 0.717) is 6.47 Å². The average Bonchev–Trinajstić information content (AvgIpc) is 2.58. The molecular weight excluding hydrogens is 186 g/mol. The molecule has 0 spiro atoms. The minimum Gasteiger partial charge on any atom is -0.462 e. The molecule has 2 fully saturated rings. The number of ether oxygens (including phenoxy) is 1. The van der Waals surface area contributed by atoms with Crippen molar-refractivity contribution in [3.05, 3.63) is 0 Å². The van der Waals surface area contributed by atoms with Crippen LogP contribution in [-0.4, -0.2) is 41.2 Å². The van der Waals surface area contributed by atoms with Crippen LogP contribution in [0.25, 0.3) is 0 Å². The molecule has 2 unspecified atom stereocenters. The molecule has 0 aliphatic carbocycles. The third-order valence-electron chi connectivity index (χ3n) is 1.75. The minimum atomic E-state index is -0.318. The summed E-state index contributed by atoms with van der Waals surface area (Å²) in [4.78, 5) is 12.1. The highest BCUT2D eigenvalue weighted by atomic mass is 32.2. The normalized spacial score (nSPS) is 29.8. The smallest absolute Gasteiger partial charge is 0.293 e. The van der Waals surface area contributed by atoms with Crippen molar-refractivity contribution in [3.63, 3.8) is 0 Å². The van der Waals surface area contributed by atoms with Crippen LogP contribution in [0, 0.1) is 0 Å². The first-order valence-electron chi connectivity index (χ1n) is 4.50. The zero-order valence-corrected chi connectivity index (χ0v) is 9.26.